The van der Waals surface area contributed by atoms with E-state index in [1.165, 1.54) is 180 Å². The SMILES string of the molecule is CC/C=C\C/C=C\C/C=C\C/C=C\C/C=C\C/C=C\C/C=C\C/C=C\C/C=C\CCCC(=O)OC(COC(=O)CCCCCCCCCCCCCCCCCCCCCCC/C=C\CCCCCCCCCC)COP(=O)(O)OCC[N+](C)(C)C. The van der Waals surface area contributed by atoms with Crippen molar-refractivity contribution in [3.63, 3.8) is 0 Å². The van der Waals surface area contributed by atoms with E-state index in [4.69, 9.17) is 18.5 Å². The number of ether oxygens (including phenoxy) is 2. The largest absolute Gasteiger partial charge is 0.472 e. The van der Waals surface area contributed by atoms with Gasteiger partial charge in [-0.25, -0.2) is 4.57 Å². The lowest BCUT2D eigenvalue weighted by atomic mass is 10.0. The summed E-state index contributed by atoms with van der Waals surface area (Å²) in [4.78, 5) is 35.8. The van der Waals surface area contributed by atoms with Crippen molar-refractivity contribution in [2.45, 2.75) is 302 Å². The lowest BCUT2D eigenvalue weighted by molar-refractivity contribution is -0.870. The number of quaternary nitrogens is 1. The second-order valence-corrected chi connectivity index (χ2v) is 26.0. The summed E-state index contributed by atoms with van der Waals surface area (Å²) in [5, 5.41) is 0. The van der Waals surface area contributed by atoms with Crippen molar-refractivity contribution in [2.75, 3.05) is 47.5 Å². The van der Waals surface area contributed by atoms with Gasteiger partial charge in [-0.1, -0.05) is 302 Å². The van der Waals surface area contributed by atoms with Crippen molar-refractivity contribution in [1.82, 2.24) is 0 Å². The van der Waals surface area contributed by atoms with Crippen LogP contribution in [-0.2, 0) is 32.7 Å². The average Bonchev–Trinajstić information content (AvgIpc) is 3.67. The lowest BCUT2D eigenvalue weighted by Crippen LogP contribution is -2.37. The normalized spacial score (nSPS) is 13.9. The number of allylic oxidation sites excluding steroid dienone is 20. The molecule has 0 aliphatic carbocycles. The van der Waals surface area contributed by atoms with Crippen LogP contribution in [0.4, 0.5) is 0 Å². The fourth-order valence-corrected chi connectivity index (χ4v) is 10.3. The minimum Gasteiger partial charge on any atom is -0.462 e. The summed E-state index contributed by atoms with van der Waals surface area (Å²) in [7, 11) is 1.43. The fraction of sp³-hybridized carbons (Fsp3) is 0.711. The third kappa shape index (κ3) is 69.5. The molecular weight excluding hydrogens is 1090 g/mol. The lowest BCUT2D eigenvalue weighted by Gasteiger charge is -2.24. The molecular formula is C76H133NO8P+. The molecule has 1 N–H and O–H groups in total. The van der Waals surface area contributed by atoms with E-state index in [2.05, 4.69) is 135 Å². The van der Waals surface area contributed by atoms with Gasteiger partial charge in [-0.2, -0.15) is 0 Å². The summed E-state index contributed by atoms with van der Waals surface area (Å²) in [6, 6.07) is 0. The Balaban J connectivity index is 4.13. The van der Waals surface area contributed by atoms with Gasteiger partial charge < -0.3 is 18.9 Å². The van der Waals surface area contributed by atoms with Crippen molar-refractivity contribution in [1.29, 1.82) is 0 Å². The Hall–Kier alpha value is -3.59. The third-order valence-electron chi connectivity index (χ3n) is 15.0. The molecule has 0 amide bonds. The van der Waals surface area contributed by atoms with E-state index >= 15 is 0 Å². The van der Waals surface area contributed by atoms with Crippen LogP contribution >= 0.6 is 7.82 Å². The molecule has 0 aromatic rings. The van der Waals surface area contributed by atoms with Crippen LogP contribution in [0.25, 0.3) is 0 Å². The summed E-state index contributed by atoms with van der Waals surface area (Å²) in [5.41, 5.74) is 0. The number of hydrogen-bond acceptors (Lipinski definition) is 7. The number of nitrogens with zero attached hydrogens (tertiary/aromatic N) is 1. The molecule has 86 heavy (non-hydrogen) atoms. The summed E-state index contributed by atoms with van der Waals surface area (Å²) in [6.45, 7) is 4.27. The molecule has 494 valence electrons. The number of esters is 2. The number of carbonyl (C=O) groups excluding carboxylic acids is 2. The molecule has 0 aromatic carbocycles. The van der Waals surface area contributed by atoms with Crippen LogP contribution in [0.15, 0.2) is 122 Å². The maximum Gasteiger partial charge on any atom is 0.472 e. The van der Waals surface area contributed by atoms with Gasteiger partial charge >= 0.3 is 19.8 Å². The standard InChI is InChI=1S/C76H132NO8P/c1-6-8-10-12-14-16-18-20-22-24-26-28-30-32-34-36-37-38-39-41-42-44-46-48-50-52-54-56-58-60-62-64-66-68-75(78)82-72-74(73-84-86(80,81)83-71-70-77(3,4)5)85-76(79)69-67-65-63-61-59-57-55-53-51-49-47-45-43-40-35-33-31-29-27-25-23-21-19-17-15-13-11-9-7-2/h9,11,15,17,21,23-24,26-27,29,33,35,43,45,49,51,55,57,61,63,74H,6-8,10,12-14,16,18-20,22,25,28,30-32,34,36-42,44,46-48,50,52-54,56,58-60,62,64-73H2,1-5H3/p+1/b11-9-,17-15-,23-21-,26-24-,29-27-,35-33-,45-43-,51-49-,57-55-,63-61-. The molecule has 2 unspecified atom stereocenters. The maximum absolute atomic E-state index is 12.8. The molecule has 0 bridgehead atoms. The van der Waals surface area contributed by atoms with E-state index in [1.54, 1.807) is 0 Å². The molecule has 0 saturated carbocycles. The summed E-state index contributed by atoms with van der Waals surface area (Å²) < 4.78 is 34.6. The Kier molecular flexibility index (Phi) is 63.1. The number of hydrogen-bond donors (Lipinski definition) is 1. The van der Waals surface area contributed by atoms with Gasteiger partial charge in [0.25, 0.3) is 0 Å². The van der Waals surface area contributed by atoms with E-state index in [9.17, 15) is 19.0 Å². The fourth-order valence-electron chi connectivity index (χ4n) is 9.60. The van der Waals surface area contributed by atoms with Crippen LogP contribution in [-0.4, -0.2) is 74.9 Å². The second-order valence-electron chi connectivity index (χ2n) is 24.5. The van der Waals surface area contributed by atoms with Gasteiger partial charge in [-0.3, -0.25) is 18.6 Å². The number of phosphoric ester groups is 1. The first kappa shape index (κ1) is 82.4. The topological polar surface area (TPSA) is 108 Å². The number of unbranched alkanes of at least 4 members (excludes halogenated alkanes) is 30. The average molecular weight is 1220 g/mol. The number of rotatable bonds is 64. The van der Waals surface area contributed by atoms with Gasteiger partial charge in [0.2, 0.25) is 0 Å². The Bertz CT molecular complexity index is 1870. The first-order valence-electron chi connectivity index (χ1n) is 35.3. The summed E-state index contributed by atoms with van der Waals surface area (Å²) >= 11 is 0. The Morgan fingerprint density at radius 3 is 1.03 bits per heavy atom. The molecule has 0 rings (SSSR count). The molecule has 0 radical (unpaired) electrons. The highest BCUT2D eigenvalue weighted by Gasteiger charge is 2.27. The number of likely N-dealkylation sites (N-methyl/N-ethyl adjacent to an activating group) is 1. The minimum atomic E-state index is -4.42. The molecule has 0 spiro atoms. The summed E-state index contributed by atoms with van der Waals surface area (Å²) in [6.07, 6.45) is 94.7. The molecule has 0 heterocycles. The molecule has 0 fully saturated rings. The Morgan fingerprint density at radius 2 is 0.674 bits per heavy atom. The minimum absolute atomic E-state index is 0.0155. The molecule has 0 aromatic heterocycles. The molecule has 9 nitrogen and oxygen atoms in total. The smallest absolute Gasteiger partial charge is 0.462 e. The van der Waals surface area contributed by atoms with E-state index in [1.807, 2.05) is 21.1 Å². The summed E-state index contributed by atoms with van der Waals surface area (Å²) in [5.74, 6) is -0.865. The number of phosphoric acid groups is 1. The van der Waals surface area contributed by atoms with Gasteiger partial charge in [0.05, 0.1) is 27.7 Å². The van der Waals surface area contributed by atoms with Gasteiger partial charge in [-0.05, 0) is 103 Å². The highest BCUT2D eigenvalue weighted by atomic mass is 31.2. The maximum atomic E-state index is 12.8. The van der Waals surface area contributed by atoms with Crippen LogP contribution in [0.3, 0.4) is 0 Å². The van der Waals surface area contributed by atoms with Crippen LogP contribution in [0, 0.1) is 0 Å². The molecule has 0 saturated heterocycles. The quantitative estimate of drug-likeness (QED) is 0.0211. The highest BCUT2D eigenvalue weighted by Crippen LogP contribution is 2.43. The first-order valence-corrected chi connectivity index (χ1v) is 36.8. The van der Waals surface area contributed by atoms with E-state index in [0.717, 1.165) is 77.0 Å². The zero-order valence-electron chi connectivity index (χ0n) is 56.3. The van der Waals surface area contributed by atoms with E-state index in [0.29, 0.717) is 23.9 Å². The van der Waals surface area contributed by atoms with Crippen molar-refractivity contribution >= 4 is 19.8 Å². The van der Waals surface area contributed by atoms with Crippen LogP contribution < -0.4 is 0 Å². The monoisotopic (exact) mass is 1220 g/mol. The molecule has 10 heteroatoms. The highest BCUT2D eigenvalue weighted by molar-refractivity contribution is 7.47. The van der Waals surface area contributed by atoms with Crippen LogP contribution in [0.1, 0.15) is 296 Å². The van der Waals surface area contributed by atoms with Crippen molar-refractivity contribution in [2.24, 2.45) is 0 Å². The van der Waals surface area contributed by atoms with Crippen LogP contribution in [0.2, 0.25) is 0 Å². The predicted octanol–water partition coefficient (Wildman–Crippen LogP) is 23.0. The van der Waals surface area contributed by atoms with Gasteiger partial charge in [0, 0.05) is 12.8 Å². The molecule has 2 atom stereocenters. The second kappa shape index (κ2) is 65.8. The van der Waals surface area contributed by atoms with Gasteiger partial charge in [0.15, 0.2) is 6.10 Å². The van der Waals surface area contributed by atoms with Gasteiger partial charge in [0.1, 0.15) is 19.8 Å². The third-order valence-corrected chi connectivity index (χ3v) is 16.0. The zero-order valence-corrected chi connectivity index (χ0v) is 57.2. The molecule has 0 aliphatic rings. The van der Waals surface area contributed by atoms with Crippen molar-refractivity contribution in [3.8, 4) is 0 Å². The zero-order chi connectivity index (χ0) is 62.6. The van der Waals surface area contributed by atoms with E-state index < -0.39 is 26.5 Å². The number of carbonyl (C=O) groups is 2. The van der Waals surface area contributed by atoms with Crippen molar-refractivity contribution < 1.29 is 42.1 Å². The first-order chi connectivity index (χ1) is 42.0. The van der Waals surface area contributed by atoms with E-state index in [-0.39, 0.29) is 32.0 Å². The predicted molar refractivity (Wildman–Crippen MR) is 371 cm³/mol. The van der Waals surface area contributed by atoms with Crippen molar-refractivity contribution in [3.05, 3.63) is 122 Å². The van der Waals surface area contributed by atoms with Gasteiger partial charge in [-0.15, -0.1) is 0 Å². The molecule has 0 aliphatic heterocycles. The Morgan fingerprint density at radius 1 is 0.372 bits per heavy atom. The van der Waals surface area contributed by atoms with Crippen LogP contribution in [0.5, 0.6) is 0 Å². The Labute approximate surface area is 530 Å².